The third-order valence-electron chi connectivity index (χ3n) is 4.52. The van der Waals surface area contributed by atoms with E-state index in [-0.39, 0.29) is 22.9 Å². The number of likely N-dealkylation sites (tertiary alicyclic amines) is 1. The molecule has 0 spiro atoms. The number of methoxy groups -OCH3 is 1. The summed E-state index contributed by atoms with van der Waals surface area (Å²) in [4.78, 5) is 21.3. The van der Waals surface area contributed by atoms with Crippen LogP contribution >= 0.6 is 11.6 Å². The van der Waals surface area contributed by atoms with Crippen LogP contribution in [0.1, 0.15) is 30.0 Å². The van der Waals surface area contributed by atoms with Crippen LogP contribution in [0.3, 0.4) is 0 Å². The largest absolute Gasteiger partial charge is 0.480 e. The summed E-state index contributed by atoms with van der Waals surface area (Å²) in [5.41, 5.74) is 2.39. The number of nitrogens with zero attached hydrogens (tertiary/aromatic N) is 3. The van der Waals surface area contributed by atoms with Gasteiger partial charge in [-0.05, 0) is 43.0 Å². The number of rotatable bonds is 7. The second-order valence-corrected chi connectivity index (χ2v) is 6.54. The number of carbonyl (C=O) groups is 1. The van der Waals surface area contributed by atoms with Crippen LogP contribution < -0.4 is 14.8 Å². The van der Waals surface area contributed by atoms with Crippen molar-refractivity contribution in [3.05, 3.63) is 34.5 Å². The number of hydrogen-bond donors (Lipinski definition) is 1. The van der Waals surface area contributed by atoms with E-state index < -0.39 is 6.86 Å². The van der Waals surface area contributed by atoms with Gasteiger partial charge in [0.05, 0.1) is 25.0 Å². The van der Waals surface area contributed by atoms with E-state index >= 15 is 0 Å². The second-order valence-electron chi connectivity index (χ2n) is 6.14. The number of halogens is 2. The number of amides is 1. The normalized spacial score (nSPS) is 16.3. The van der Waals surface area contributed by atoms with Crippen molar-refractivity contribution >= 4 is 29.6 Å². The molecule has 1 fully saturated rings. The number of anilines is 2. The van der Waals surface area contributed by atoms with Gasteiger partial charge in [0.1, 0.15) is 10.8 Å². The van der Waals surface area contributed by atoms with Crippen LogP contribution in [0, 0.1) is 6.92 Å². The predicted octanol–water partition coefficient (Wildman–Crippen LogP) is 3.79. The predicted molar refractivity (Wildman–Crippen MR) is 99.4 cm³/mol. The maximum absolute atomic E-state index is 12.9. The Kier molecular flexibility index (Phi) is 5.95. The van der Waals surface area contributed by atoms with Crippen molar-refractivity contribution in [3.8, 4) is 11.6 Å². The average molecular weight is 395 g/mol. The SMILES string of the molecule is COc1nc(Nc2cc(C)c(C3CCCN3C=O)cc2OCF)ncc1Cl. The third kappa shape index (κ3) is 4.05. The van der Waals surface area contributed by atoms with E-state index in [0.29, 0.717) is 18.0 Å². The summed E-state index contributed by atoms with van der Waals surface area (Å²) in [6.45, 7) is 1.67. The van der Waals surface area contributed by atoms with Crippen molar-refractivity contribution in [2.75, 3.05) is 25.8 Å². The zero-order valence-electron chi connectivity index (χ0n) is 15.0. The molecule has 2 aromatic rings. The van der Waals surface area contributed by atoms with Crippen LogP contribution in [-0.2, 0) is 4.79 Å². The first kappa shape index (κ1) is 19.2. The Hall–Kier alpha value is -2.61. The van der Waals surface area contributed by atoms with E-state index in [0.717, 1.165) is 30.4 Å². The number of carbonyl (C=O) groups excluding carboxylic acids is 1. The van der Waals surface area contributed by atoms with Crippen LogP contribution in [0.4, 0.5) is 16.0 Å². The number of alkyl halides is 1. The molecular weight excluding hydrogens is 375 g/mol. The molecule has 144 valence electrons. The summed E-state index contributed by atoms with van der Waals surface area (Å²) in [5, 5.41) is 3.29. The Bertz CT molecular complexity index is 836. The molecule has 27 heavy (non-hydrogen) atoms. The maximum atomic E-state index is 12.9. The molecular formula is C18H20ClFN4O3. The molecule has 1 aliphatic heterocycles. The lowest BCUT2D eigenvalue weighted by atomic mass is 9.98. The highest BCUT2D eigenvalue weighted by Gasteiger charge is 2.27. The fourth-order valence-corrected chi connectivity index (χ4v) is 3.43. The zero-order valence-corrected chi connectivity index (χ0v) is 15.8. The lowest BCUT2D eigenvalue weighted by Gasteiger charge is -2.24. The molecule has 1 saturated heterocycles. The number of aryl methyl sites for hydroxylation is 1. The third-order valence-corrected chi connectivity index (χ3v) is 4.78. The van der Waals surface area contributed by atoms with Crippen LogP contribution in [0.2, 0.25) is 5.02 Å². The number of aromatic nitrogens is 2. The standard InChI is InChI=1S/C18H20ClFN4O3/c1-11-6-14(22-18-21-8-13(19)17(23-18)26-2)16(27-9-20)7-12(11)15-4-3-5-24(15)10-25/h6-8,10,15H,3-5,9H2,1-2H3,(H,21,22,23). The summed E-state index contributed by atoms with van der Waals surface area (Å²) in [6, 6.07) is 3.55. The molecule has 1 atom stereocenters. The lowest BCUT2D eigenvalue weighted by molar-refractivity contribution is -0.118. The molecule has 1 aromatic carbocycles. The van der Waals surface area contributed by atoms with Gasteiger partial charge in [-0.25, -0.2) is 9.37 Å². The van der Waals surface area contributed by atoms with Crippen LogP contribution in [0.15, 0.2) is 18.3 Å². The molecule has 3 rings (SSSR count). The number of benzene rings is 1. The van der Waals surface area contributed by atoms with Crippen molar-refractivity contribution in [3.63, 3.8) is 0 Å². The first-order valence-electron chi connectivity index (χ1n) is 8.45. The van der Waals surface area contributed by atoms with Gasteiger partial charge in [-0.2, -0.15) is 4.98 Å². The number of ether oxygens (including phenoxy) is 2. The summed E-state index contributed by atoms with van der Waals surface area (Å²) in [7, 11) is 1.45. The summed E-state index contributed by atoms with van der Waals surface area (Å²) in [6.07, 6.45) is 4.05. The monoisotopic (exact) mass is 394 g/mol. The highest BCUT2D eigenvalue weighted by Crippen LogP contribution is 2.38. The molecule has 2 heterocycles. The molecule has 1 unspecified atom stereocenters. The first-order valence-corrected chi connectivity index (χ1v) is 8.83. The molecule has 1 amide bonds. The molecule has 1 aromatic heterocycles. The van der Waals surface area contributed by atoms with E-state index in [9.17, 15) is 9.18 Å². The summed E-state index contributed by atoms with van der Waals surface area (Å²) < 4.78 is 23.2. The molecule has 0 bridgehead atoms. The zero-order chi connectivity index (χ0) is 19.4. The van der Waals surface area contributed by atoms with Gasteiger partial charge in [-0.15, -0.1) is 0 Å². The quantitative estimate of drug-likeness (QED) is 0.720. The van der Waals surface area contributed by atoms with Gasteiger partial charge < -0.3 is 19.7 Å². The summed E-state index contributed by atoms with van der Waals surface area (Å²) >= 11 is 5.94. The van der Waals surface area contributed by atoms with E-state index in [1.807, 2.05) is 13.0 Å². The lowest BCUT2D eigenvalue weighted by Crippen LogP contribution is -2.22. The molecule has 0 radical (unpaired) electrons. The topological polar surface area (TPSA) is 76.6 Å². The smallest absolute Gasteiger partial charge is 0.237 e. The van der Waals surface area contributed by atoms with Gasteiger partial charge >= 0.3 is 0 Å². The van der Waals surface area contributed by atoms with E-state index in [4.69, 9.17) is 21.1 Å². The number of nitrogens with one attached hydrogen (secondary N) is 1. The van der Waals surface area contributed by atoms with Gasteiger partial charge in [0.15, 0.2) is 0 Å². The van der Waals surface area contributed by atoms with Crippen molar-refractivity contribution in [1.82, 2.24) is 14.9 Å². The Morgan fingerprint density at radius 3 is 3.00 bits per heavy atom. The first-order chi connectivity index (χ1) is 13.1. The Balaban J connectivity index is 1.95. The van der Waals surface area contributed by atoms with Gasteiger partial charge in [-0.3, -0.25) is 4.79 Å². The fourth-order valence-electron chi connectivity index (χ4n) is 3.26. The van der Waals surface area contributed by atoms with Gasteiger partial charge in [0, 0.05) is 6.54 Å². The minimum atomic E-state index is -0.982. The molecule has 1 N–H and O–H groups in total. The van der Waals surface area contributed by atoms with E-state index in [1.165, 1.54) is 13.3 Å². The highest BCUT2D eigenvalue weighted by molar-refractivity contribution is 6.31. The fraction of sp³-hybridized carbons (Fsp3) is 0.389. The number of hydrogen-bond acceptors (Lipinski definition) is 6. The summed E-state index contributed by atoms with van der Waals surface area (Å²) in [5.74, 6) is 0.777. The van der Waals surface area contributed by atoms with Crippen molar-refractivity contribution in [2.24, 2.45) is 0 Å². The Labute approximate surface area is 161 Å². The van der Waals surface area contributed by atoms with Gasteiger partial charge in [0.25, 0.3) is 0 Å². The Morgan fingerprint density at radius 2 is 2.30 bits per heavy atom. The molecule has 0 saturated carbocycles. The molecule has 1 aliphatic rings. The van der Waals surface area contributed by atoms with Crippen molar-refractivity contribution in [1.29, 1.82) is 0 Å². The van der Waals surface area contributed by atoms with E-state index in [1.54, 1.807) is 11.0 Å². The van der Waals surface area contributed by atoms with Gasteiger partial charge in [-0.1, -0.05) is 11.6 Å². The van der Waals surface area contributed by atoms with Crippen molar-refractivity contribution < 1.29 is 18.7 Å². The minimum absolute atomic E-state index is 0.0367. The van der Waals surface area contributed by atoms with Crippen LogP contribution in [-0.4, -0.2) is 41.8 Å². The molecule has 9 heteroatoms. The molecule has 0 aliphatic carbocycles. The minimum Gasteiger partial charge on any atom is -0.480 e. The Morgan fingerprint density at radius 1 is 1.48 bits per heavy atom. The van der Waals surface area contributed by atoms with Crippen LogP contribution in [0.25, 0.3) is 0 Å². The maximum Gasteiger partial charge on any atom is 0.237 e. The second kappa shape index (κ2) is 8.39. The highest BCUT2D eigenvalue weighted by atomic mass is 35.5. The average Bonchev–Trinajstić information content (AvgIpc) is 3.14. The van der Waals surface area contributed by atoms with Gasteiger partial charge in [0.2, 0.25) is 25.1 Å². The van der Waals surface area contributed by atoms with Crippen molar-refractivity contribution in [2.45, 2.75) is 25.8 Å². The molecule has 7 nitrogen and oxygen atoms in total. The van der Waals surface area contributed by atoms with Crippen LogP contribution in [0.5, 0.6) is 11.6 Å². The van der Waals surface area contributed by atoms with E-state index in [2.05, 4.69) is 15.3 Å².